The van der Waals surface area contributed by atoms with Gasteiger partial charge in [0.15, 0.2) is 0 Å². The predicted molar refractivity (Wildman–Crippen MR) is 40.5 cm³/mol. The van der Waals surface area contributed by atoms with Crippen LogP contribution in [0.5, 0.6) is 0 Å². The van der Waals surface area contributed by atoms with Crippen molar-refractivity contribution in [1.82, 2.24) is 6.15 Å². The van der Waals surface area contributed by atoms with E-state index in [0.29, 0.717) is 0 Å². The number of aliphatic hydroxyl groups excluding tert-OH is 1. The van der Waals surface area contributed by atoms with E-state index in [-0.39, 0.29) is 18.2 Å². The van der Waals surface area contributed by atoms with Crippen molar-refractivity contribution in [3.63, 3.8) is 0 Å². The van der Waals surface area contributed by atoms with Crippen LogP contribution in [0.2, 0.25) is 0 Å². The van der Waals surface area contributed by atoms with Crippen molar-refractivity contribution in [2.45, 2.75) is 27.2 Å². The summed E-state index contributed by atoms with van der Waals surface area (Å²) in [5, 5.41) is 8.40. The Kier molecular flexibility index (Phi) is 6.19. The van der Waals surface area contributed by atoms with E-state index < -0.39 is 0 Å². The zero-order valence-corrected chi connectivity index (χ0v) is 6.65. The number of hydrogen-bond donors (Lipinski definition) is 2. The van der Waals surface area contributed by atoms with Crippen LogP contribution >= 0.6 is 0 Å². The van der Waals surface area contributed by atoms with Crippen LogP contribution in [-0.4, -0.2) is 11.7 Å². The second-order valence-electron chi connectivity index (χ2n) is 3.08. The van der Waals surface area contributed by atoms with Crippen molar-refractivity contribution in [2.75, 3.05) is 6.61 Å². The normalized spacial score (nSPS) is 10.7. The maximum atomic E-state index is 8.40. The average Bonchev–Trinajstić information content (AvgIpc) is 1.59. The molecule has 2 nitrogen and oxygen atoms in total. The highest BCUT2D eigenvalue weighted by molar-refractivity contribution is 4.79. The lowest BCUT2D eigenvalue weighted by atomic mass is 9.91. The smallest absolute Gasteiger partial charge is 0.0433 e. The third kappa shape index (κ3) is 11.5. The Morgan fingerprint density at radius 1 is 1.33 bits per heavy atom. The molecular formula is C7H18NO. The first-order chi connectivity index (χ1) is 3.56. The highest BCUT2D eigenvalue weighted by atomic mass is 16.2. The fourth-order valence-corrected chi connectivity index (χ4v) is 0.498. The van der Waals surface area contributed by atoms with Crippen LogP contribution in [-0.2, 0) is 0 Å². The second kappa shape index (κ2) is 4.77. The van der Waals surface area contributed by atoms with Gasteiger partial charge in [-0.2, -0.15) is 0 Å². The topological polar surface area (TPSA) is 55.2 Å². The molecule has 0 rings (SSSR count). The van der Waals surface area contributed by atoms with E-state index in [1.54, 1.807) is 0 Å². The van der Waals surface area contributed by atoms with Crippen molar-refractivity contribution in [2.24, 2.45) is 5.41 Å². The molecule has 9 heavy (non-hydrogen) atoms. The molecule has 0 aromatic carbocycles. The number of hydrogen-bond acceptors (Lipinski definition) is 2. The number of rotatable bonds is 2. The molecular weight excluding hydrogens is 114 g/mol. The molecule has 0 aromatic heterocycles. The lowest BCUT2D eigenvalue weighted by Crippen LogP contribution is -2.06. The van der Waals surface area contributed by atoms with Gasteiger partial charge in [-0.3, -0.25) is 0 Å². The van der Waals surface area contributed by atoms with Crippen LogP contribution < -0.4 is 6.15 Å². The summed E-state index contributed by atoms with van der Waals surface area (Å²) in [7, 11) is 0. The molecule has 0 saturated carbocycles. The molecule has 0 fully saturated rings. The lowest BCUT2D eigenvalue weighted by Gasteiger charge is -2.15. The van der Waals surface area contributed by atoms with Crippen LogP contribution in [0.25, 0.3) is 0 Å². The van der Waals surface area contributed by atoms with E-state index in [1.807, 2.05) is 0 Å². The van der Waals surface area contributed by atoms with Crippen molar-refractivity contribution in [3.05, 3.63) is 6.42 Å². The summed E-state index contributed by atoms with van der Waals surface area (Å²) in [6.45, 7) is 6.66. The van der Waals surface area contributed by atoms with Gasteiger partial charge in [-0.1, -0.05) is 20.8 Å². The van der Waals surface area contributed by atoms with E-state index in [1.165, 1.54) is 0 Å². The summed E-state index contributed by atoms with van der Waals surface area (Å²) in [5.74, 6) is 0. The predicted octanol–water partition coefficient (Wildman–Crippen LogP) is 1.78. The summed E-state index contributed by atoms with van der Waals surface area (Å²) >= 11 is 0. The summed E-state index contributed by atoms with van der Waals surface area (Å²) in [5.41, 5.74) is 0.267. The maximum Gasteiger partial charge on any atom is 0.0433 e. The van der Waals surface area contributed by atoms with Gasteiger partial charge in [0, 0.05) is 6.61 Å². The van der Waals surface area contributed by atoms with Crippen molar-refractivity contribution < 1.29 is 5.11 Å². The standard InChI is InChI=1S/C7H15O.H3N/c1-7(2,3)5-4-6-8;/h5,8H,4,6H2,1-3H3;1H3. The lowest BCUT2D eigenvalue weighted by molar-refractivity contribution is 0.285. The largest absolute Gasteiger partial charge is 0.396 e. The zero-order chi connectivity index (χ0) is 6.62. The molecule has 57 valence electrons. The molecule has 4 N–H and O–H groups in total. The van der Waals surface area contributed by atoms with Crippen molar-refractivity contribution in [3.8, 4) is 0 Å². The zero-order valence-electron chi connectivity index (χ0n) is 6.65. The van der Waals surface area contributed by atoms with Crippen LogP contribution in [0, 0.1) is 11.8 Å². The summed E-state index contributed by atoms with van der Waals surface area (Å²) in [6.07, 6.45) is 2.93. The Balaban J connectivity index is 0. The van der Waals surface area contributed by atoms with Gasteiger partial charge in [0.1, 0.15) is 0 Å². The summed E-state index contributed by atoms with van der Waals surface area (Å²) in [4.78, 5) is 0. The SMILES string of the molecule is CC(C)(C)[CH]CCO.N. The first-order valence-electron chi connectivity index (χ1n) is 3.01. The summed E-state index contributed by atoms with van der Waals surface area (Å²) < 4.78 is 0. The fraction of sp³-hybridized carbons (Fsp3) is 0.857. The molecule has 0 aliphatic heterocycles. The van der Waals surface area contributed by atoms with Crippen molar-refractivity contribution >= 4 is 0 Å². The van der Waals surface area contributed by atoms with Crippen LogP contribution in [0.4, 0.5) is 0 Å². The van der Waals surface area contributed by atoms with E-state index >= 15 is 0 Å². The first kappa shape index (κ1) is 11.7. The van der Waals surface area contributed by atoms with Crippen LogP contribution in [0.15, 0.2) is 0 Å². The highest BCUT2D eigenvalue weighted by Gasteiger charge is 2.08. The third-order valence-corrected chi connectivity index (χ3v) is 0.886. The maximum absolute atomic E-state index is 8.40. The molecule has 0 spiro atoms. The minimum absolute atomic E-state index is 0. The third-order valence-electron chi connectivity index (χ3n) is 0.886. The Hall–Kier alpha value is -0.0800. The molecule has 0 aromatic rings. The second-order valence-corrected chi connectivity index (χ2v) is 3.08. The van der Waals surface area contributed by atoms with Gasteiger partial charge in [-0.15, -0.1) is 0 Å². The summed E-state index contributed by atoms with van der Waals surface area (Å²) in [6, 6.07) is 0. The van der Waals surface area contributed by atoms with Crippen LogP contribution in [0.3, 0.4) is 0 Å². The molecule has 0 heterocycles. The van der Waals surface area contributed by atoms with E-state index in [9.17, 15) is 0 Å². The van der Waals surface area contributed by atoms with E-state index in [4.69, 9.17) is 5.11 Å². The monoisotopic (exact) mass is 132 g/mol. The first-order valence-corrected chi connectivity index (χ1v) is 3.01. The molecule has 0 aliphatic carbocycles. The molecule has 0 saturated heterocycles. The van der Waals surface area contributed by atoms with Crippen LogP contribution in [0.1, 0.15) is 27.2 Å². The van der Waals surface area contributed by atoms with Gasteiger partial charge in [0.25, 0.3) is 0 Å². The van der Waals surface area contributed by atoms with Gasteiger partial charge < -0.3 is 11.3 Å². The Labute approximate surface area is 57.9 Å². The molecule has 0 aliphatic rings. The minimum Gasteiger partial charge on any atom is -0.396 e. The Morgan fingerprint density at radius 3 is 1.89 bits per heavy atom. The number of aliphatic hydroxyl groups is 1. The molecule has 0 unspecified atom stereocenters. The van der Waals surface area contributed by atoms with Gasteiger partial charge in [-0.25, -0.2) is 0 Å². The Morgan fingerprint density at radius 2 is 1.78 bits per heavy atom. The average molecular weight is 132 g/mol. The fourth-order valence-electron chi connectivity index (χ4n) is 0.498. The van der Waals surface area contributed by atoms with Gasteiger partial charge in [-0.05, 0) is 18.3 Å². The highest BCUT2D eigenvalue weighted by Crippen LogP contribution is 2.18. The Bertz CT molecular complexity index is 56.4. The molecule has 0 bridgehead atoms. The van der Waals surface area contributed by atoms with E-state index in [0.717, 1.165) is 6.42 Å². The van der Waals surface area contributed by atoms with Gasteiger partial charge in [0.05, 0.1) is 0 Å². The molecule has 0 amide bonds. The van der Waals surface area contributed by atoms with Gasteiger partial charge >= 0.3 is 0 Å². The van der Waals surface area contributed by atoms with Gasteiger partial charge in [0.2, 0.25) is 0 Å². The minimum atomic E-state index is 0. The quantitative estimate of drug-likeness (QED) is 0.601. The molecule has 1 radical (unpaired) electrons. The van der Waals surface area contributed by atoms with E-state index in [2.05, 4.69) is 27.2 Å². The molecule has 2 heteroatoms. The van der Waals surface area contributed by atoms with Crippen molar-refractivity contribution in [1.29, 1.82) is 0 Å². The molecule has 0 atom stereocenters.